The molecule has 1 heterocycles. The van der Waals surface area contributed by atoms with Crippen molar-refractivity contribution in [3.63, 3.8) is 0 Å². The fourth-order valence-electron chi connectivity index (χ4n) is 1.89. The summed E-state index contributed by atoms with van der Waals surface area (Å²) in [5.74, 6) is 0.174. The zero-order valence-electron chi connectivity index (χ0n) is 9.98. The van der Waals surface area contributed by atoms with Crippen molar-refractivity contribution in [2.45, 2.75) is 0 Å². The van der Waals surface area contributed by atoms with Crippen molar-refractivity contribution >= 4 is 33.8 Å². The van der Waals surface area contributed by atoms with Crippen LogP contribution in [0.5, 0.6) is 5.75 Å². The zero-order valence-corrected chi connectivity index (χ0v) is 10.8. The second-order valence-corrected chi connectivity index (χ2v) is 5.11. The van der Waals surface area contributed by atoms with Crippen LogP contribution in [0.2, 0.25) is 0 Å². The van der Waals surface area contributed by atoms with E-state index in [-0.39, 0.29) is 10.6 Å². The first-order valence-corrected chi connectivity index (χ1v) is 6.63. The summed E-state index contributed by atoms with van der Waals surface area (Å²) in [7, 11) is 0. The number of rotatable bonds is 2. The maximum Gasteiger partial charge on any atom is 0.312 e. The van der Waals surface area contributed by atoms with Gasteiger partial charge in [0.1, 0.15) is 5.75 Å². The van der Waals surface area contributed by atoms with E-state index >= 15 is 0 Å². The molecule has 3 nitrogen and oxygen atoms in total. The third-order valence-corrected chi connectivity index (χ3v) is 3.73. The van der Waals surface area contributed by atoms with Crippen molar-refractivity contribution in [2.24, 2.45) is 0 Å². The Morgan fingerprint density at radius 3 is 2.68 bits per heavy atom. The van der Waals surface area contributed by atoms with Crippen molar-refractivity contribution in [1.29, 1.82) is 0 Å². The first kappa shape index (κ1) is 11.7. The summed E-state index contributed by atoms with van der Waals surface area (Å²) >= 11 is 1.12. The van der Waals surface area contributed by atoms with E-state index in [1.165, 1.54) is 0 Å². The average Bonchev–Trinajstić information content (AvgIpc) is 2.72. The fraction of sp³-hybridized carbons (Fsp3) is 0. The lowest BCUT2D eigenvalue weighted by Gasteiger charge is -1.97. The summed E-state index contributed by atoms with van der Waals surface area (Å²) in [6, 6.07) is 14.7. The van der Waals surface area contributed by atoms with Gasteiger partial charge in [-0.2, -0.15) is 0 Å². The first-order chi connectivity index (χ1) is 9.24. The predicted molar refractivity (Wildman–Crippen MR) is 79.4 cm³/mol. The molecule has 0 unspecified atom stereocenters. The molecule has 0 aliphatic carbocycles. The Kier molecular flexibility index (Phi) is 2.93. The second kappa shape index (κ2) is 4.74. The molecule has 2 aromatic carbocycles. The maximum absolute atomic E-state index is 11.9. The van der Waals surface area contributed by atoms with E-state index in [4.69, 9.17) is 0 Å². The smallest absolute Gasteiger partial charge is 0.312 e. The van der Waals surface area contributed by atoms with Gasteiger partial charge in [-0.25, -0.2) is 0 Å². The van der Waals surface area contributed by atoms with Crippen LogP contribution < -0.4 is 4.87 Å². The Morgan fingerprint density at radius 1 is 1.11 bits per heavy atom. The highest BCUT2D eigenvalue weighted by molar-refractivity contribution is 7.16. The predicted octanol–water partition coefficient (Wildman–Crippen LogP) is 3.40. The molecule has 0 atom stereocenters. The van der Waals surface area contributed by atoms with E-state index in [9.17, 15) is 9.90 Å². The van der Waals surface area contributed by atoms with Crippen LogP contribution in [-0.2, 0) is 0 Å². The number of phenols is 1. The number of phenolic OH excluding ortho intramolecular Hbond substituents is 1. The number of hydrogen-bond donors (Lipinski definition) is 1. The number of hydrogen-bond acceptors (Lipinski definition) is 3. The molecule has 4 heteroatoms. The molecule has 0 saturated carbocycles. The third-order valence-electron chi connectivity index (χ3n) is 2.81. The van der Waals surface area contributed by atoms with E-state index in [1.54, 1.807) is 29.0 Å². The number of aromatic hydroxyl groups is 1. The summed E-state index contributed by atoms with van der Waals surface area (Å²) in [5, 5.41) is 9.42. The Balaban J connectivity index is 2.08. The van der Waals surface area contributed by atoms with Crippen molar-refractivity contribution in [3.05, 3.63) is 63.8 Å². The lowest BCUT2D eigenvalue weighted by Crippen LogP contribution is -2.05. The highest BCUT2D eigenvalue weighted by Crippen LogP contribution is 2.22. The summed E-state index contributed by atoms with van der Waals surface area (Å²) < 4.78 is 2.37. The number of fused-ring (bicyclic) bond motifs is 1. The van der Waals surface area contributed by atoms with Gasteiger partial charge < -0.3 is 5.11 Å². The summed E-state index contributed by atoms with van der Waals surface area (Å²) in [4.78, 5) is 11.9. The Labute approximate surface area is 113 Å². The SMILES string of the molecule is O=c1sc2cc(O)ccc2n1/C=C/c1ccccc1. The topological polar surface area (TPSA) is 42.2 Å². The lowest BCUT2D eigenvalue weighted by molar-refractivity contribution is 0.476. The summed E-state index contributed by atoms with van der Waals surface area (Å²) in [6.07, 6.45) is 3.65. The van der Waals surface area contributed by atoms with Gasteiger partial charge in [-0.15, -0.1) is 0 Å². The largest absolute Gasteiger partial charge is 0.508 e. The van der Waals surface area contributed by atoms with Gasteiger partial charge in [-0.1, -0.05) is 41.7 Å². The lowest BCUT2D eigenvalue weighted by atomic mass is 10.2. The van der Waals surface area contributed by atoms with Crippen LogP contribution in [0.25, 0.3) is 22.5 Å². The van der Waals surface area contributed by atoms with Crippen molar-refractivity contribution < 1.29 is 5.11 Å². The molecule has 0 aliphatic heterocycles. The van der Waals surface area contributed by atoms with E-state index in [0.717, 1.165) is 27.1 Å². The van der Waals surface area contributed by atoms with Crippen molar-refractivity contribution in [1.82, 2.24) is 4.57 Å². The van der Waals surface area contributed by atoms with Gasteiger partial charge in [0.2, 0.25) is 0 Å². The van der Waals surface area contributed by atoms with E-state index in [2.05, 4.69) is 0 Å². The van der Waals surface area contributed by atoms with Crippen LogP contribution >= 0.6 is 11.3 Å². The van der Waals surface area contributed by atoms with E-state index in [0.29, 0.717) is 0 Å². The van der Waals surface area contributed by atoms with Gasteiger partial charge in [0.25, 0.3) is 0 Å². The van der Waals surface area contributed by atoms with Crippen LogP contribution in [0.3, 0.4) is 0 Å². The van der Waals surface area contributed by atoms with Gasteiger partial charge in [0.05, 0.1) is 10.2 Å². The molecule has 0 fully saturated rings. The molecular weight excluding hydrogens is 258 g/mol. The Hall–Kier alpha value is -2.33. The fourth-order valence-corrected chi connectivity index (χ4v) is 2.79. The van der Waals surface area contributed by atoms with Crippen molar-refractivity contribution in [2.75, 3.05) is 0 Å². The van der Waals surface area contributed by atoms with Crippen molar-refractivity contribution in [3.8, 4) is 5.75 Å². The Morgan fingerprint density at radius 2 is 1.89 bits per heavy atom. The van der Waals surface area contributed by atoms with Gasteiger partial charge >= 0.3 is 4.87 Å². The molecule has 0 radical (unpaired) electrons. The van der Waals surface area contributed by atoms with Gasteiger partial charge in [0, 0.05) is 6.20 Å². The zero-order chi connectivity index (χ0) is 13.2. The highest BCUT2D eigenvalue weighted by atomic mass is 32.1. The molecule has 0 aliphatic rings. The monoisotopic (exact) mass is 269 g/mol. The van der Waals surface area contributed by atoms with Gasteiger partial charge in [0.15, 0.2) is 0 Å². The minimum atomic E-state index is -0.0622. The summed E-state index contributed by atoms with van der Waals surface area (Å²) in [5.41, 5.74) is 1.84. The highest BCUT2D eigenvalue weighted by Gasteiger charge is 2.05. The number of thiazole rings is 1. The normalized spacial score (nSPS) is 11.4. The number of aromatic nitrogens is 1. The quantitative estimate of drug-likeness (QED) is 0.774. The van der Waals surface area contributed by atoms with Gasteiger partial charge in [-0.05, 0) is 29.8 Å². The number of benzene rings is 2. The van der Waals surface area contributed by atoms with Gasteiger partial charge in [-0.3, -0.25) is 9.36 Å². The molecule has 1 N–H and O–H groups in total. The minimum absolute atomic E-state index is 0.0622. The molecule has 3 rings (SSSR count). The molecule has 0 amide bonds. The third kappa shape index (κ3) is 2.30. The van der Waals surface area contributed by atoms with Crippen LogP contribution in [0.4, 0.5) is 0 Å². The Bertz CT molecular complexity index is 800. The van der Waals surface area contributed by atoms with E-state index < -0.39 is 0 Å². The molecule has 0 spiro atoms. The standard InChI is InChI=1S/C15H11NO2S/c17-12-6-7-13-14(10-12)19-15(18)16(13)9-8-11-4-2-1-3-5-11/h1-10,17H/b9-8+. The summed E-state index contributed by atoms with van der Waals surface area (Å²) in [6.45, 7) is 0. The maximum atomic E-state index is 11.9. The molecule has 3 aromatic rings. The molecule has 19 heavy (non-hydrogen) atoms. The van der Waals surface area contributed by atoms with Crippen LogP contribution in [0.1, 0.15) is 5.56 Å². The molecular formula is C15H11NO2S. The van der Waals surface area contributed by atoms with Crippen LogP contribution in [-0.4, -0.2) is 9.67 Å². The van der Waals surface area contributed by atoms with Crippen LogP contribution in [0, 0.1) is 0 Å². The van der Waals surface area contributed by atoms with E-state index in [1.807, 2.05) is 36.4 Å². The molecule has 1 aromatic heterocycles. The average molecular weight is 269 g/mol. The first-order valence-electron chi connectivity index (χ1n) is 5.81. The number of nitrogens with zero attached hydrogens (tertiary/aromatic N) is 1. The second-order valence-electron chi connectivity index (χ2n) is 4.12. The molecule has 94 valence electrons. The van der Waals surface area contributed by atoms with Crippen LogP contribution in [0.15, 0.2) is 53.3 Å². The molecule has 0 saturated heterocycles. The minimum Gasteiger partial charge on any atom is -0.508 e. The molecule has 0 bridgehead atoms.